The fourth-order valence-electron chi connectivity index (χ4n) is 1.96. The first-order valence-corrected chi connectivity index (χ1v) is 5.71. The van der Waals surface area contributed by atoms with E-state index in [1.165, 1.54) is 24.4 Å². The minimum atomic E-state index is -4.62. The number of aliphatic carboxylic acids is 1. The second-order valence-electron chi connectivity index (χ2n) is 4.26. The van der Waals surface area contributed by atoms with Gasteiger partial charge in [-0.05, 0) is 24.6 Å². The Bertz CT molecular complexity index is 635. The molecule has 0 aliphatic heterocycles. The third kappa shape index (κ3) is 2.66. The predicted molar refractivity (Wildman–Crippen MR) is 64.2 cm³/mol. The molecule has 4 nitrogen and oxygen atoms in total. The van der Waals surface area contributed by atoms with Crippen LogP contribution in [0.2, 0.25) is 0 Å². The number of rotatable bonds is 3. The zero-order chi connectivity index (χ0) is 14.9. The average Bonchev–Trinajstić information content (AvgIpc) is 2.75. The summed E-state index contributed by atoms with van der Waals surface area (Å²) in [6.07, 6.45) is -3.27. The Morgan fingerprint density at radius 3 is 2.45 bits per heavy atom. The Morgan fingerprint density at radius 1 is 1.30 bits per heavy atom. The number of carboxylic acid groups (broad SMARTS) is 1. The summed E-state index contributed by atoms with van der Waals surface area (Å²) in [4.78, 5) is 11.4. The molecule has 2 rings (SSSR count). The lowest BCUT2D eigenvalue weighted by Crippen LogP contribution is -2.24. The number of carboxylic acids is 1. The number of alkyl halides is 3. The van der Waals surface area contributed by atoms with E-state index in [9.17, 15) is 23.1 Å². The molecule has 0 spiro atoms. The first-order valence-electron chi connectivity index (χ1n) is 5.71. The standard InChI is InChI=1S/C13H11F3N2O2/c1-8-6-7-18(17-8)11(12(19)20)9-4-2-3-5-10(9)13(14,15)16/h2-7,11H,1H3,(H,19,20). The number of nitrogens with zero attached hydrogens (tertiary/aromatic N) is 2. The number of hydrogen-bond donors (Lipinski definition) is 1. The third-order valence-corrected chi connectivity index (χ3v) is 2.80. The average molecular weight is 284 g/mol. The van der Waals surface area contributed by atoms with E-state index in [2.05, 4.69) is 5.10 Å². The zero-order valence-corrected chi connectivity index (χ0v) is 10.4. The van der Waals surface area contributed by atoms with Crippen molar-refractivity contribution in [3.8, 4) is 0 Å². The largest absolute Gasteiger partial charge is 0.479 e. The molecular formula is C13H11F3N2O2. The molecule has 1 unspecified atom stereocenters. The topological polar surface area (TPSA) is 55.1 Å². The molecule has 106 valence electrons. The number of aryl methyl sites for hydroxylation is 1. The Hall–Kier alpha value is -2.31. The van der Waals surface area contributed by atoms with Crippen molar-refractivity contribution in [3.63, 3.8) is 0 Å². The summed E-state index contributed by atoms with van der Waals surface area (Å²) in [6.45, 7) is 1.63. The van der Waals surface area contributed by atoms with Crippen molar-refractivity contribution in [3.05, 3.63) is 53.3 Å². The van der Waals surface area contributed by atoms with Crippen molar-refractivity contribution in [2.24, 2.45) is 0 Å². The molecule has 1 aromatic carbocycles. The van der Waals surface area contributed by atoms with Crippen LogP contribution in [0.25, 0.3) is 0 Å². The van der Waals surface area contributed by atoms with E-state index < -0.39 is 23.8 Å². The van der Waals surface area contributed by atoms with Crippen molar-refractivity contribution < 1.29 is 23.1 Å². The molecule has 0 radical (unpaired) electrons. The summed E-state index contributed by atoms with van der Waals surface area (Å²) in [5, 5.41) is 13.2. The maximum atomic E-state index is 13.0. The molecule has 20 heavy (non-hydrogen) atoms. The smallest absolute Gasteiger partial charge is 0.416 e. The van der Waals surface area contributed by atoms with Crippen LogP contribution in [0.1, 0.15) is 22.9 Å². The highest BCUT2D eigenvalue weighted by molar-refractivity contribution is 5.76. The van der Waals surface area contributed by atoms with Crippen molar-refractivity contribution in [2.75, 3.05) is 0 Å². The summed E-state index contributed by atoms with van der Waals surface area (Å²) in [6, 6.07) is 4.63. The molecule has 0 saturated heterocycles. The van der Waals surface area contributed by atoms with Gasteiger partial charge in [-0.25, -0.2) is 4.79 Å². The Morgan fingerprint density at radius 2 is 1.95 bits per heavy atom. The molecule has 2 aromatic rings. The van der Waals surface area contributed by atoms with E-state index >= 15 is 0 Å². The Kier molecular flexibility index (Phi) is 3.52. The van der Waals surface area contributed by atoms with Gasteiger partial charge in [0.15, 0.2) is 6.04 Å². The van der Waals surface area contributed by atoms with Crippen molar-refractivity contribution in [1.82, 2.24) is 9.78 Å². The molecule has 0 bridgehead atoms. The van der Waals surface area contributed by atoms with Gasteiger partial charge < -0.3 is 5.11 Å². The number of halogens is 3. The summed E-state index contributed by atoms with van der Waals surface area (Å²) in [7, 11) is 0. The van der Waals surface area contributed by atoms with Gasteiger partial charge in [0.05, 0.1) is 11.3 Å². The second kappa shape index (κ2) is 4.99. The second-order valence-corrected chi connectivity index (χ2v) is 4.26. The minimum Gasteiger partial charge on any atom is -0.479 e. The van der Waals surface area contributed by atoms with E-state index in [1.54, 1.807) is 6.92 Å². The van der Waals surface area contributed by atoms with E-state index in [1.807, 2.05) is 0 Å². The van der Waals surface area contributed by atoms with Crippen LogP contribution in [-0.4, -0.2) is 20.9 Å². The summed E-state index contributed by atoms with van der Waals surface area (Å²) < 4.78 is 39.9. The highest BCUT2D eigenvalue weighted by atomic mass is 19.4. The van der Waals surface area contributed by atoms with Crippen LogP contribution in [0.4, 0.5) is 13.2 Å². The van der Waals surface area contributed by atoms with Gasteiger partial charge in [-0.1, -0.05) is 18.2 Å². The molecule has 0 aliphatic rings. The molecule has 1 aromatic heterocycles. The molecule has 1 heterocycles. The molecule has 7 heteroatoms. The lowest BCUT2D eigenvalue weighted by Gasteiger charge is -2.18. The summed E-state index contributed by atoms with van der Waals surface area (Å²) in [5.74, 6) is -1.40. The predicted octanol–water partition coefficient (Wildman–Crippen LogP) is 2.88. The van der Waals surface area contributed by atoms with E-state index in [0.717, 1.165) is 16.8 Å². The number of aromatic nitrogens is 2. The fourth-order valence-corrected chi connectivity index (χ4v) is 1.96. The number of benzene rings is 1. The van der Waals surface area contributed by atoms with Crippen LogP contribution in [-0.2, 0) is 11.0 Å². The Balaban J connectivity index is 2.59. The monoisotopic (exact) mass is 284 g/mol. The van der Waals surface area contributed by atoms with Crippen LogP contribution in [0.5, 0.6) is 0 Å². The molecule has 1 atom stereocenters. The molecular weight excluding hydrogens is 273 g/mol. The molecule has 0 fully saturated rings. The Labute approximate surface area is 112 Å². The van der Waals surface area contributed by atoms with E-state index in [4.69, 9.17) is 0 Å². The van der Waals surface area contributed by atoms with E-state index in [-0.39, 0.29) is 5.56 Å². The van der Waals surface area contributed by atoms with Crippen LogP contribution < -0.4 is 0 Å². The molecule has 0 amide bonds. The van der Waals surface area contributed by atoms with Crippen molar-refractivity contribution in [2.45, 2.75) is 19.1 Å². The summed E-state index contributed by atoms with van der Waals surface area (Å²) >= 11 is 0. The van der Waals surface area contributed by atoms with Gasteiger partial charge in [0.25, 0.3) is 0 Å². The lowest BCUT2D eigenvalue weighted by atomic mass is 10.00. The molecule has 0 saturated carbocycles. The van der Waals surface area contributed by atoms with Crippen LogP contribution in [0.15, 0.2) is 36.5 Å². The van der Waals surface area contributed by atoms with Crippen molar-refractivity contribution in [1.29, 1.82) is 0 Å². The number of carbonyl (C=O) groups is 1. The maximum Gasteiger partial charge on any atom is 0.416 e. The zero-order valence-electron chi connectivity index (χ0n) is 10.4. The fraction of sp³-hybridized carbons (Fsp3) is 0.231. The van der Waals surface area contributed by atoms with Gasteiger partial charge in [0, 0.05) is 6.20 Å². The number of hydrogen-bond acceptors (Lipinski definition) is 2. The normalized spacial score (nSPS) is 13.2. The van der Waals surface area contributed by atoms with E-state index in [0.29, 0.717) is 5.69 Å². The van der Waals surface area contributed by atoms with Gasteiger partial charge in [0.2, 0.25) is 0 Å². The first-order chi connectivity index (χ1) is 9.30. The minimum absolute atomic E-state index is 0.337. The third-order valence-electron chi connectivity index (χ3n) is 2.80. The highest BCUT2D eigenvalue weighted by Crippen LogP contribution is 2.35. The van der Waals surface area contributed by atoms with Crippen molar-refractivity contribution >= 4 is 5.97 Å². The maximum absolute atomic E-state index is 13.0. The highest BCUT2D eigenvalue weighted by Gasteiger charge is 2.37. The van der Waals surface area contributed by atoms with Crippen LogP contribution in [0, 0.1) is 6.92 Å². The van der Waals surface area contributed by atoms with Crippen LogP contribution >= 0.6 is 0 Å². The van der Waals surface area contributed by atoms with Gasteiger partial charge >= 0.3 is 12.1 Å². The van der Waals surface area contributed by atoms with Gasteiger partial charge in [0.1, 0.15) is 0 Å². The van der Waals surface area contributed by atoms with Gasteiger partial charge in [-0.3, -0.25) is 4.68 Å². The molecule has 0 aliphatic carbocycles. The SMILES string of the molecule is Cc1ccn(C(C(=O)O)c2ccccc2C(F)(F)F)n1. The van der Waals surface area contributed by atoms with Gasteiger partial charge in [-0.15, -0.1) is 0 Å². The first kappa shape index (κ1) is 14.1. The summed E-state index contributed by atoms with van der Waals surface area (Å²) in [5.41, 5.74) is -0.781. The van der Waals surface area contributed by atoms with Gasteiger partial charge in [-0.2, -0.15) is 18.3 Å². The lowest BCUT2D eigenvalue weighted by molar-refractivity contribution is -0.142. The van der Waals surface area contributed by atoms with Crippen LogP contribution in [0.3, 0.4) is 0 Å². The quantitative estimate of drug-likeness (QED) is 0.942. The molecule has 1 N–H and O–H groups in total.